The smallest absolute Gasteiger partial charge is 0.870 e. The van der Waals surface area contributed by atoms with E-state index in [1.807, 2.05) is 6.92 Å². The SMILES string of the molecule is Br.Cc1ccc(S(=O)(=O)Cl)cc1.Cc1ccc(S(=O)(=O)ON=C(C#N)C#N)cc1.N#CC(C#N)=NO.N#CCC#N.O=N[O-].[Na+].[Na+].[OH-]. The van der Waals surface area contributed by atoms with Crippen molar-refractivity contribution in [2.75, 3.05) is 0 Å². The van der Waals surface area contributed by atoms with E-state index in [1.165, 1.54) is 48.5 Å². The molecule has 0 atom stereocenters. The molecule has 0 saturated carbocycles. The number of oxime groups is 2. The Balaban J connectivity index is -0.0000000930. The number of hydrogen-bond donors (Lipinski definition) is 1. The third-order valence-electron chi connectivity index (χ3n) is 3.52. The van der Waals surface area contributed by atoms with Crippen molar-refractivity contribution < 1.29 is 90.9 Å². The van der Waals surface area contributed by atoms with Crippen LogP contribution in [0.1, 0.15) is 17.5 Å². The number of aryl methyl sites for hydroxylation is 2. The summed E-state index contributed by atoms with van der Waals surface area (Å²) in [5.41, 5.74) is 0.706. The van der Waals surface area contributed by atoms with Crippen LogP contribution in [-0.2, 0) is 23.5 Å². The van der Waals surface area contributed by atoms with E-state index in [-0.39, 0.29) is 97.8 Å². The summed E-state index contributed by atoms with van der Waals surface area (Å²) in [4.78, 5) is 8.05. The van der Waals surface area contributed by atoms with E-state index in [4.69, 9.17) is 57.6 Å². The Bertz CT molecular complexity index is 1700. The van der Waals surface area contributed by atoms with E-state index >= 15 is 0 Å². The summed E-state index contributed by atoms with van der Waals surface area (Å²) in [7, 11) is -2.55. The van der Waals surface area contributed by atoms with Gasteiger partial charge in [0.1, 0.15) is 35.6 Å². The van der Waals surface area contributed by atoms with Crippen molar-refractivity contribution in [2.45, 2.75) is 30.1 Å². The molecule has 47 heavy (non-hydrogen) atoms. The van der Waals surface area contributed by atoms with Gasteiger partial charge in [0, 0.05) is 10.7 Å². The third kappa shape index (κ3) is 32.1. The van der Waals surface area contributed by atoms with Gasteiger partial charge in [0.25, 0.3) is 20.5 Å². The molecule has 0 spiro atoms. The van der Waals surface area contributed by atoms with Crippen molar-refractivity contribution in [3.05, 3.63) is 69.8 Å². The Morgan fingerprint density at radius 3 is 1.32 bits per heavy atom. The van der Waals surface area contributed by atoms with Gasteiger partial charge in [0.2, 0.25) is 0 Å². The van der Waals surface area contributed by atoms with Gasteiger partial charge in [-0.05, 0) is 43.3 Å². The first kappa shape index (κ1) is 58.8. The first-order valence-corrected chi connectivity index (χ1v) is 14.0. The quantitative estimate of drug-likeness (QED) is 0.0872. The molecule has 0 heterocycles. The summed E-state index contributed by atoms with van der Waals surface area (Å²) in [5, 5.41) is 69.3. The van der Waals surface area contributed by atoms with Gasteiger partial charge in [-0.25, -0.2) is 8.42 Å². The number of rotatable bonds is 4. The second kappa shape index (κ2) is 35.2. The minimum atomic E-state index is -4.08. The topological polar surface area (TPSA) is 348 Å². The molecular weight excluding hydrogens is 772 g/mol. The molecule has 238 valence electrons. The summed E-state index contributed by atoms with van der Waals surface area (Å²) in [6.45, 7) is 3.68. The Morgan fingerprint density at radius 1 is 0.787 bits per heavy atom. The minimum absolute atomic E-state index is 0. The van der Waals surface area contributed by atoms with Crippen LogP contribution in [0, 0.1) is 91.9 Å². The second-order valence-corrected chi connectivity index (χ2v) is 10.6. The molecule has 0 aromatic heterocycles. The number of nitrogens with zero attached hydrogens (tertiary/aromatic N) is 9. The van der Waals surface area contributed by atoms with Gasteiger partial charge in [0.05, 0.1) is 17.0 Å². The molecule has 2 aromatic rings. The van der Waals surface area contributed by atoms with E-state index in [0.717, 1.165) is 16.5 Å². The molecule has 24 heteroatoms. The zero-order valence-corrected chi connectivity index (χ0v) is 32.8. The van der Waals surface area contributed by atoms with E-state index in [0.29, 0.717) is 0 Å². The fourth-order valence-corrected chi connectivity index (χ4v) is 3.20. The maximum Gasteiger partial charge on any atom is 1.00 e. The number of benzene rings is 2. The van der Waals surface area contributed by atoms with Crippen LogP contribution in [0.3, 0.4) is 0 Å². The van der Waals surface area contributed by atoms with Crippen LogP contribution >= 0.6 is 27.7 Å². The molecule has 0 aliphatic carbocycles. The van der Waals surface area contributed by atoms with Crippen molar-refractivity contribution >= 4 is 58.3 Å². The molecule has 0 aliphatic heterocycles. The molecular formula is C23H19BrClN9Na2O9S2. The largest absolute Gasteiger partial charge is 1.00 e. The minimum Gasteiger partial charge on any atom is -0.870 e. The van der Waals surface area contributed by atoms with Gasteiger partial charge < -0.3 is 20.8 Å². The predicted molar refractivity (Wildman–Crippen MR) is 160 cm³/mol. The van der Waals surface area contributed by atoms with Crippen molar-refractivity contribution in [3.8, 4) is 36.4 Å². The Hall–Kier alpha value is -3.65. The predicted octanol–water partition coefficient (Wildman–Crippen LogP) is -2.03. The first-order chi connectivity index (χ1) is 20.2. The molecule has 2 aromatic carbocycles. The number of nitriles is 6. The third-order valence-corrected chi connectivity index (χ3v) is 6.01. The van der Waals surface area contributed by atoms with Crippen LogP contribution < -0.4 is 59.1 Å². The molecule has 0 bridgehead atoms. The molecule has 0 amide bonds. The van der Waals surface area contributed by atoms with Crippen LogP contribution in [0.25, 0.3) is 0 Å². The van der Waals surface area contributed by atoms with Crippen LogP contribution in [0.15, 0.2) is 74.0 Å². The van der Waals surface area contributed by atoms with Gasteiger partial charge in [-0.1, -0.05) is 40.5 Å². The monoisotopic (exact) mass is 789 g/mol. The van der Waals surface area contributed by atoms with Crippen LogP contribution in [0.4, 0.5) is 0 Å². The summed E-state index contributed by atoms with van der Waals surface area (Å²) < 4.78 is 48.7. The van der Waals surface area contributed by atoms with Gasteiger partial charge in [0.15, 0.2) is 0 Å². The average Bonchev–Trinajstić information content (AvgIpc) is 2.96. The van der Waals surface area contributed by atoms with Crippen molar-refractivity contribution in [2.24, 2.45) is 15.7 Å². The molecule has 0 fully saturated rings. The van der Waals surface area contributed by atoms with Crippen molar-refractivity contribution in [1.29, 1.82) is 31.6 Å². The van der Waals surface area contributed by atoms with Crippen LogP contribution in [-0.4, -0.2) is 38.9 Å². The summed E-state index contributed by atoms with van der Waals surface area (Å²) in [6.07, 6.45) is 0. The maximum absolute atomic E-state index is 11.5. The number of halogens is 2. The van der Waals surface area contributed by atoms with Crippen LogP contribution in [0.5, 0.6) is 0 Å². The van der Waals surface area contributed by atoms with E-state index in [9.17, 15) is 16.8 Å². The summed E-state index contributed by atoms with van der Waals surface area (Å²) in [6, 6.07) is 21.0. The standard InChI is InChI=1S/C10H7N3O3S.C7H7ClO2S.C3HN3O.C3H2N2.BrH.HNO2.2Na.H2O/c1-8-2-4-10(5-3-8)17(14,15)16-13-9(6-11)7-12;1-6-2-4-7(5-3-6)11(8,9)10;4-1-3(2-5)6-7;4-2-1-3-5;;2-1-3;;;/h2-5H,1H3;2-5H,1H3;7H;1H2;1H;(H,2,3);;;1H2/q;;;;;;2*+1;/p-2. The number of hydrogen-bond acceptors (Lipinski definition) is 18. The Labute approximate surface area is 329 Å². The van der Waals surface area contributed by atoms with E-state index in [1.54, 1.807) is 43.3 Å². The van der Waals surface area contributed by atoms with Crippen molar-refractivity contribution in [1.82, 2.24) is 0 Å². The zero-order chi connectivity index (χ0) is 33.9. The fourth-order valence-electron chi connectivity index (χ4n) is 1.71. The maximum atomic E-state index is 11.5. The van der Waals surface area contributed by atoms with Gasteiger partial charge >= 0.3 is 69.2 Å². The van der Waals surface area contributed by atoms with Gasteiger partial charge in [-0.2, -0.15) is 40.0 Å². The molecule has 18 nitrogen and oxygen atoms in total. The zero-order valence-electron chi connectivity index (χ0n) is 24.7. The molecule has 0 radical (unpaired) electrons. The first-order valence-electron chi connectivity index (χ1n) is 10.3. The summed E-state index contributed by atoms with van der Waals surface area (Å²) in [5.74, 6) is 0. The molecule has 2 rings (SSSR count). The molecule has 0 saturated heterocycles. The van der Waals surface area contributed by atoms with Gasteiger partial charge in [-0.3, -0.25) is 4.28 Å². The van der Waals surface area contributed by atoms with E-state index < -0.39 is 30.6 Å². The Morgan fingerprint density at radius 2 is 1.11 bits per heavy atom. The second-order valence-electron chi connectivity index (χ2n) is 6.50. The summed E-state index contributed by atoms with van der Waals surface area (Å²) >= 11 is 0. The van der Waals surface area contributed by atoms with Crippen molar-refractivity contribution in [3.63, 3.8) is 0 Å². The van der Waals surface area contributed by atoms with E-state index in [2.05, 4.69) is 14.6 Å². The molecule has 2 N–H and O–H groups in total. The van der Waals surface area contributed by atoms with Gasteiger partial charge in [-0.15, -0.1) is 22.3 Å². The molecule has 0 unspecified atom stereocenters. The average molecular weight is 791 g/mol. The van der Waals surface area contributed by atoms with Crippen LogP contribution in [0.2, 0.25) is 0 Å². The molecule has 0 aliphatic rings. The Kier molecular flexibility index (Phi) is 44.1. The normalized spacial score (nSPS) is 7.77. The fraction of sp³-hybridized carbons (Fsp3) is 0.130.